The molecule has 1 saturated heterocycles. The van der Waals surface area contributed by atoms with Crippen molar-refractivity contribution < 1.29 is 14.3 Å². The van der Waals surface area contributed by atoms with Crippen LogP contribution in [0.2, 0.25) is 0 Å². The molecule has 1 fully saturated rings. The quantitative estimate of drug-likeness (QED) is 0.695. The molecule has 2 atom stereocenters. The van der Waals surface area contributed by atoms with Crippen molar-refractivity contribution in [1.82, 2.24) is 10.6 Å². The van der Waals surface area contributed by atoms with Crippen molar-refractivity contribution >= 4 is 11.7 Å². The average molecular weight is 262 g/mol. The maximum atomic E-state index is 12.2. The Bertz CT molecular complexity index is 450. The van der Waals surface area contributed by atoms with Crippen molar-refractivity contribution in [3.8, 4) is 0 Å². The van der Waals surface area contributed by atoms with E-state index >= 15 is 0 Å². The van der Waals surface area contributed by atoms with Crippen LogP contribution in [0.5, 0.6) is 0 Å². The standard InChI is InChI=1S/C14H18N2O3/c17-13-11(2-1-9-7-19-8-12(9)13)14(18)16-10-3-5-15-6-4-10/h1-2,7,10-12,15H,3-6,8H2,(H,16,18). The van der Waals surface area contributed by atoms with E-state index in [9.17, 15) is 9.59 Å². The molecular formula is C14H18N2O3. The first-order chi connectivity index (χ1) is 9.25. The van der Waals surface area contributed by atoms with E-state index in [4.69, 9.17) is 4.74 Å². The van der Waals surface area contributed by atoms with Gasteiger partial charge in [0.05, 0.1) is 12.2 Å². The summed E-state index contributed by atoms with van der Waals surface area (Å²) < 4.78 is 5.17. The number of rotatable bonds is 2. The fraction of sp³-hybridized carbons (Fsp3) is 0.571. The molecule has 0 aromatic carbocycles. The van der Waals surface area contributed by atoms with Gasteiger partial charge in [0.15, 0.2) is 5.78 Å². The molecule has 102 valence electrons. The molecule has 0 bridgehead atoms. The summed E-state index contributed by atoms with van der Waals surface area (Å²) in [5.74, 6) is -1.12. The Labute approximate surface area is 112 Å². The second-order valence-electron chi connectivity index (χ2n) is 5.28. The first kappa shape index (κ1) is 12.4. The van der Waals surface area contributed by atoms with Crippen molar-refractivity contribution in [2.75, 3.05) is 19.7 Å². The predicted molar refractivity (Wildman–Crippen MR) is 69.2 cm³/mol. The van der Waals surface area contributed by atoms with Gasteiger partial charge in [-0.25, -0.2) is 0 Å². The van der Waals surface area contributed by atoms with Gasteiger partial charge in [0.1, 0.15) is 12.5 Å². The Hall–Kier alpha value is -1.62. The minimum absolute atomic E-state index is 0.0438. The van der Waals surface area contributed by atoms with Gasteiger partial charge in [0.2, 0.25) is 5.91 Å². The third kappa shape index (κ3) is 2.42. The Morgan fingerprint density at radius 3 is 2.95 bits per heavy atom. The van der Waals surface area contributed by atoms with Gasteiger partial charge in [-0.2, -0.15) is 0 Å². The summed E-state index contributed by atoms with van der Waals surface area (Å²) in [6.07, 6.45) is 6.99. The number of amides is 1. The molecule has 2 aliphatic heterocycles. The predicted octanol–water partition coefficient (Wildman–Crippen LogP) is 0.140. The van der Waals surface area contributed by atoms with Crippen LogP contribution >= 0.6 is 0 Å². The van der Waals surface area contributed by atoms with Crippen molar-refractivity contribution in [3.63, 3.8) is 0 Å². The van der Waals surface area contributed by atoms with Crippen LogP contribution < -0.4 is 10.6 Å². The molecule has 0 radical (unpaired) electrons. The molecule has 0 spiro atoms. The Kier molecular flexibility index (Phi) is 3.38. The lowest BCUT2D eigenvalue weighted by Crippen LogP contribution is -2.47. The third-order valence-electron chi connectivity index (χ3n) is 3.98. The van der Waals surface area contributed by atoms with Crippen molar-refractivity contribution in [1.29, 1.82) is 0 Å². The van der Waals surface area contributed by atoms with Crippen LogP contribution in [-0.2, 0) is 14.3 Å². The number of piperidine rings is 1. The van der Waals surface area contributed by atoms with Gasteiger partial charge in [-0.1, -0.05) is 12.2 Å². The molecule has 1 amide bonds. The van der Waals surface area contributed by atoms with Crippen molar-refractivity contribution in [2.24, 2.45) is 11.8 Å². The Balaban J connectivity index is 1.65. The highest BCUT2D eigenvalue weighted by Crippen LogP contribution is 2.29. The number of hydrogen-bond donors (Lipinski definition) is 2. The lowest BCUT2D eigenvalue weighted by atomic mass is 9.83. The number of carbonyl (C=O) groups is 2. The fourth-order valence-corrected chi connectivity index (χ4v) is 2.81. The molecule has 3 aliphatic rings. The maximum Gasteiger partial charge on any atom is 0.234 e. The molecule has 2 heterocycles. The summed E-state index contributed by atoms with van der Waals surface area (Å²) in [5.41, 5.74) is 0.885. The zero-order chi connectivity index (χ0) is 13.2. The molecule has 0 saturated carbocycles. The first-order valence-electron chi connectivity index (χ1n) is 6.80. The Morgan fingerprint density at radius 1 is 1.37 bits per heavy atom. The van der Waals surface area contributed by atoms with E-state index in [1.807, 2.05) is 6.08 Å². The molecule has 3 rings (SSSR count). The first-order valence-corrected chi connectivity index (χ1v) is 6.80. The zero-order valence-electron chi connectivity index (χ0n) is 10.7. The molecule has 2 unspecified atom stereocenters. The topological polar surface area (TPSA) is 67.4 Å². The number of nitrogens with one attached hydrogen (secondary N) is 2. The van der Waals surface area contributed by atoms with Gasteiger partial charge >= 0.3 is 0 Å². The monoisotopic (exact) mass is 262 g/mol. The largest absolute Gasteiger partial charge is 0.500 e. The number of ketones is 1. The third-order valence-corrected chi connectivity index (χ3v) is 3.98. The number of hydrogen-bond acceptors (Lipinski definition) is 4. The molecule has 0 aromatic heterocycles. The molecular weight excluding hydrogens is 244 g/mol. The van der Waals surface area contributed by atoms with Crippen LogP contribution in [0.25, 0.3) is 0 Å². The van der Waals surface area contributed by atoms with Crippen LogP contribution in [0.4, 0.5) is 0 Å². The molecule has 19 heavy (non-hydrogen) atoms. The van der Waals surface area contributed by atoms with Gasteiger partial charge < -0.3 is 15.4 Å². The van der Waals surface area contributed by atoms with Gasteiger partial charge in [0, 0.05) is 11.6 Å². The lowest BCUT2D eigenvalue weighted by Gasteiger charge is -2.26. The molecule has 5 heteroatoms. The SMILES string of the molecule is O=C(NC1CCNCC1)C1C=CC2=COCC2C1=O. The van der Waals surface area contributed by atoms with Crippen LogP contribution in [0, 0.1) is 11.8 Å². The van der Waals surface area contributed by atoms with Gasteiger partial charge in [-0.3, -0.25) is 9.59 Å². The van der Waals surface area contributed by atoms with E-state index in [0.29, 0.717) is 6.61 Å². The van der Waals surface area contributed by atoms with E-state index in [0.717, 1.165) is 31.5 Å². The number of ether oxygens (including phenoxy) is 1. The molecule has 2 N–H and O–H groups in total. The van der Waals surface area contributed by atoms with Crippen LogP contribution in [0.1, 0.15) is 12.8 Å². The summed E-state index contributed by atoms with van der Waals surface area (Å²) >= 11 is 0. The fourth-order valence-electron chi connectivity index (χ4n) is 2.81. The zero-order valence-corrected chi connectivity index (χ0v) is 10.7. The second kappa shape index (κ2) is 5.17. The minimum Gasteiger partial charge on any atom is -0.500 e. The van der Waals surface area contributed by atoms with Crippen LogP contribution in [-0.4, -0.2) is 37.4 Å². The lowest BCUT2D eigenvalue weighted by molar-refractivity contribution is -0.134. The summed E-state index contributed by atoms with van der Waals surface area (Å²) in [5, 5.41) is 6.24. The summed E-state index contributed by atoms with van der Waals surface area (Å²) in [6.45, 7) is 2.21. The number of fused-ring (bicyclic) bond motifs is 1. The second-order valence-corrected chi connectivity index (χ2v) is 5.28. The minimum atomic E-state index is -0.654. The number of allylic oxidation sites excluding steroid dienone is 1. The smallest absolute Gasteiger partial charge is 0.234 e. The van der Waals surface area contributed by atoms with Crippen molar-refractivity contribution in [2.45, 2.75) is 18.9 Å². The van der Waals surface area contributed by atoms with E-state index in [1.165, 1.54) is 0 Å². The van der Waals surface area contributed by atoms with Crippen LogP contribution in [0.3, 0.4) is 0 Å². The summed E-state index contributed by atoms with van der Waals surface area (Å²) in [6, 6.07) is 0.187. The normalized spacial score (nSPS) is 30.5. The highest BCUT2D eigenvalue weighted by molar-refractivity contribution is 6.06. The summed E-state index contributed by atoms with van der Waals surface area (Å²) in [7, 11) is 0. The maximum absolute atomic E-state index is 12.2. The van der Waals surface area contributed by atoms with E-state index in [1.54, 1.807) is 12.3 Å². The van der Waals surface area contributed by atoms with Gasteiger partial charge in [-0.15, -0.1) is 0 Å². The Morgan fingerprint density at radius 2 is 2.16 bits per heavy atom. The highest BCUT2D eigenvalue weighted by atomic mass is 16.5. The number of Topliss-reactive ketones (excluding diaryl/α,β-unsaturated/α-hetero) is 1. The highest BCUT2D eigenvalue weighted by Gasteiger charge is 2.38. The van der Waals surface area contributed by atoms with Gasteiger partial charge in [0.25, 0.3) is 0 Å². The van der Waals surface area contributed by atoms with Gasteiger partial charge in [-0.05, 0) is 25.9 Å². The van der Waals surface area contributed by atoms with E-state index in [2.05, 4.69) is 10.6 Å². The summed E-state index contributed by atoms with van der Waals surface area (Å²) in [4.78, 5) is 24.4. The molecule has 5 nitrogen and oxygen atoms in total. The van der Waals surface area contributed by atoms with E-state index in [-0.39, 0.29) is 23.7 Å². The molecule has 1 aliphatic carbocycles. The van der Waals surface area contributed by atoms with Crippen molar-refractivity contribution in [3.05, 3.63) is 24.0 Å². The van der Waals surface area contributed by atoms with Crippen LogP contribution in [0.15, 0.2) is 24.0 Å². The number of carbonyl (C=O) groups excluding carboxylic acids is 2. The van der Waals surface area contributed by atoms with E-state index < -0.39 is 5.92 Å². The average Bonchev–Trinajstić information content (AvgIpc) is 2.89. The molecule has 0 aromatic rings.